The molecule has 2 aromatic rings. The molecular weight excluding hydrogens is 526 g/mol. The Labute approximate surface area is 240 Å². The second kappa shape index (κ2) is 10.7. The lowest BCUT2D eigenvalue weighted by atomic mass is 9.73. The van der Waals surface area contributed by atoms with E-state index in [4.69, 9.17) is 16.3 Å². The Morgan fingerprint density at radius 2 is 1.80 bits per heavy atom. The maximum absolute atomic E-state index is 14.2. The van der Waals surface area contributed by atoms with Crippen molar-refractivity contribution in [3.05, 3.63) is 77.3 Å². The van der Waals surface area contributed by atoms with E-state index in [2.05, 4.69) is 24.5 Å². The first-order valence-electron chi connectivity index (χ1n) is 14.4. The van der Waals surface area contributed by atoms with Gasteiger partial charge >= 0.3 is 0 Å². The summed E-state index contributed by atoms with van der Waals surface area (Å²) in [5, 5.41) is 6.81. The Hall–Kier alpha value is -3.16. The third kappa shape index (κ3) is 4.63. The number of likely N-dealkylation sites (tertiary alicyclic amines) is 1. The summed E-state index contributed by atoms with van der Waals surface area (Å²) in [5.74, 6) is -1.35. The van der Waals surface area contributed by atoms with Crippen molar-refractivity contribution in [2.45, 2.75) is 63.3 Å². The summed E-state index contributed by atoms with van der Waals surface area (Å²) in [6.45, 7) is 4.79. The second-order valence-corrected chi connectivity index (χ2v) is 12.3. The van der Waals surface area contributed by atoms with Gasteiger partial charge in [-0.25, -0.2) is 0 Å². The number of ether oxygens (including phenoxy) is 1. The van der Waals surface area contributed by atoms with Crippen LogP contribution in [-0.4, -0.2) is 53.0 Å². The van der Waals surface area contributed by atoms with Crippen LogP contribution in [-0.2, 0) is 25.5 Å². The van der Waals surface area contributed by atoms with Gasteiger partial charge < -0.3 is 20.3 Å². The average molecular weight is 562 g/mol. The molecule has 3 fully saturated rings. The van der Waals surface area contributed by atoms with Gasteiger partial charge in [-0.05, 0) is 54.5 Å². The van der Waals surface area contributed by atoms with Crippen LogP contribution in [0.1, 0.15) is 38.7 Å². The average Bonchev–Trinajstić information content (AvgIpc) is 3.59. The Balaban J connectivity index is 1.29. The molecule has 40 heavy (non-hydrogen) atoms. The molecule has 2 bridgehead atoms. The first-order chi connectivity index (χ1) is 19.3. The maximum atomic E-state index is 14.2. The number of anilines is 1. The molecule has 8 heteroatoms. The molecule has 6 unspecified atom stereocenters. The normalized spacial score (nSPS) is 34.1. The van der Waals surface area contributed by atoms with E-state index in [9.17, 15) is 14.4 Å². The predicted molar refractivity (Wildman–Crippen MR) is 154 cm³/mol. The summed E-state index contributed by atoms with van der Waals surface area (Å²) in [6, 6.07) is 16.0. The van der Waals surface area contributed by atoms with Crippen LogP contribution in [0.25, 0.3) is 0 Å². The number of hydrogen-bond acceptors (Lipinski definition) is 4. The van der Waals surface area contributed by atoms with Crippen LogP contribution in [0.5, 0.6) is 0 Å². The number of amides is 3. The Bertz CT molecular complexity index is 1320. The Morgan fingerprint density at radius 1 is 1.05 bits per heavy atom. The number of carbonyl (C=O) groups is 3. The lowest BCUT2D eigenvalue weighted by Gasteiger charge is -2.38. The third-order valence-corrected chi connectivity index (χ3v) is 9.81. The molecule has 2 N–H and O–H groups in total. The SMILES string of the molecule is CC1CCCC(NC(=O)C2N(CCc3ccccc3)C(=O)[C@@H]3C(C(=O)Nc4ccc(Cl)cc4)[C@@H]4C=CC23O4)C1C. The lowest BCUT2D eigenvalue weighted by molar-refractivity contribution is -0.141. The zero-order valence-electron chi connectivity index (χ0n) is 22.9. The third-order valence-electron chi connectivity index (χ3n) is 9.56. The number of fused-ring (bicyclic) bond motifs is 1. The molecule has 7 nitrogen and oxygen atoms in total. The van der Waals surface area contributed by atoms with Crippen molar-refractivity contribution >= 4 is 35.0 Å². The molecular formula is C32H36ClN3O4. The van der Waals surface area contributed by atoms with E-state index in [0.29, 0.717) is 35.5 Å². The van der Waals surface area contributed by atoms with Crippen molar-refractivity contribution in [3.8, 4) is 0 Å². The number of benzene rings is 2. The van der Waals surface area contributed by atoms with Crippen LogP contribution in [0.2, 0.25) is 5.02 Å². The first kappa shape index (κ1) is 27.0. The number of hydrogen-bond donors (Lipinski definition) is 2. The van der Waals surface area contributed by atoms with E-state index in [1.165, 1.54) is 0 Å². The molecule has 3 heterocycles. The quantitative estimate of drug-likeness (QED) is 0.483. The summed E-state index contributed by atoms with van der Waals surface area (Å²) < 4.78 is 6.48. The summed E-state index contributed by atoms with van der Waals surface area (Å²) >= 11 is 6.01. The minimum absolute atomic E-state index is 0.0457. The van der Waals surface area contributed by atoms with Gasteiger partial charge in [0.2, 0.25) is 17.7 Å². The Kier molecular flexibility index (Phi) is 7.21. The topological polar surface area (TPSA) is 87.7 Å². The van der Waals surface area contributed by atoms with Crippen molar-refractivity contribution in [3.63, 3.8) is 0 Å². The van der Waals surface area contributed by atoms with Crippen LogP contribution in [0.15, 0.2) is 66.7 Å². The number of nitrogens with one attached hydrogen (secondary N) is 2. The molecule has 3 amide bonds. The van der Waals surface area contributed by atoms with Gasteiger partial charge in [-0.15, -0.1) is 0 Å². The van der Waals surface area contributed by atoms with Crippen LogP contribution >= 0.6 is 11.6 Å². The van der Waals surface area contributed by atoms with E-state index < -0.39 is 29.6 Å². The zero-order chi connectivity index (χ0) is 28.0. The van der Waals surface area contributed by atoms with Crippen LogP contribution in [0.4, 0.5) is 5.69 Å². The van der Waals surface area contributed by atoms with Crippen molar-refractivity contribution in [1.82, 2.24) is 10.2 Å². The van der Waals surface area contributed by atoms with Crippen LogP contribution in [0, 0.1) is 23.7 Å². The summed E-state index contributed by atoms with van der Waals surface area (Å²) in [4.78, 5) is 43.6. The highest BCUT2D eigenvalue weighted by Gasteiger charge is 2.72. The van der Waals surface area contributed by atoms with Gasteiger partial charge in [-0.3, -0.25) is 14.4 Å². The molecule has 1 aliphatic carbocycles. The highest BCUT2D eigenvalue weighted by molar-refractivity contribution is 6.30. The molecule has 210 valence electrons. The van der Waals surface area contributed by atoms with Gasteiger partial charge in [-0.1, -0.05) is 80.8 Å². The van der Waals surface area contributed by atoms with Crippen LogP contribution < -0.4 is 10.6 Å². The van der Waals surface area contributed by atoms with Gasteiger partial charge in [0.15, 0.2) is 0 Å². The highest BCUT2D eigenvalue weighted by Crippen LogP contribution is 2.55. The maximum Gasteiger partial charge on any atom is 0.246 e. The van der Waals surface area contributed by atoms with E-state index >= 15 is 0 Å². The number of halogens is 1. The summed E-state index contributed by atoms with van der Waals surface area (Å²) in [6.07, 6.45) is 6.89. The van der Waals surface area contributed by atoms with Crippen molar-refractivity contribution in [2.24, 2.45) is 23.7 Å². The van der Waals surface area contributed by atoms with E-state index in [-0.39, 0.29) is 23.8 Å². The fourth-order valence-corrected chi connectivity index (χ4v) is 7.33. The van der Waals surface area contributed by atoms with E-state index in [0.717, 1.165) is 24.8 Å². The fourth-order valence-electron chi connectivity index (χ4n) is 7.21. The molecule has 1 saturated carbocycles. The van der Waals surface area contributed by atoms with Gasteiger partial charge in [0.05, 0.1) is 17.9 Å². The molecule has 2 saturated heterocycles. The molecule has 2 aromatic carbocycles. The summed E-state index contributed by atoms with van der Waals surface area (Å²) in [5.41, 5.74) is 0.501. The van der Waals surface area contributed by atoms with Crippen molar-refractivity contribution < 1.29 is 19.1 Å². The fraction of sp³-hybridized carbons (Fsp3) is 0.469. The van der Waals surface area contributed by atoms with Gasteiger partial charge in [0.25, 0.3) is 0 Å². The lowest BCUT2D eigenvalue weighted by Crippen LogP contribution is -2.58. The Morgan fingerprint density at radius 3 is 2.55 bits per heavy atom. The van der Waals surface area contributed by atoms with E-state index in [1.807, 2.05) is 42.5 Å². The van der Waals surface area contributed by atoms with Gasteiger partial charge in [0, 0.05) is 23.3 Å². The highest BCUT2D eigenvalue weighted by atomic mass is 35.5. The summed E-state index contributed by atoms with van der Waals surface area (Å²) in [7, 11) is 0. The van der Waals surface area contributed by atoms with Crippen molar-refractivity contribution in [2.75, 3.05) is 11.9 Å². The molecule has 1 spiro atoms. The largest absolute Gasteiger partial charge is 0.359 e. The molecule has 6 rings (SSSR count). The number of rotatable bonds is 7. The molecule has 0 radical (unpaired) electrons. The minimum atomic E-state index is -1.17. The molecule has 4 aliphatic rings. The molecule has 8 atom stereocenters. The van der Waals surface area contributed by atoms with E-state index in [1.54, 1.807) is 29.2 Å². The first-order valence-corrected chi connectivity index (χ1v) is 14.7. The van der Waals surface area contributed by atoms with Gasteiger partial charge in [-0.2, -0.15) is 0 Å². The smallest absolute Gasteiger partial charge is 0.246 e. The van der Waals surface area contributed by atoms with Crippen LogP contribution in [0.3, 0.4) is 0 Å². The monoisotopic (exact) mass is 561 g/mol. The molecule has 0 aromatic heterocycles. The van der Waals surface area contributed by atoms with Crippen molar-refractivity contribution in [1.29, 1.82) is 0 Å². The standard InChI is InChI=1S/C32H36ClN3O4/c1-19-7-6-10-24(20(19)2)35-30(38)28-32-17-15-25(40-32)26(29(37)34-23-13-11-22(33)12-14-23)27(32)31(39)36(28)18-16-21-8-4-3-5-9-21/h3-5,8-9,11-15,17,19-20,24-28H,6-7,10,16,18H2,1-2H3,(H,34,37)(H,35,38)/t19?,20?,24?,25-,26?,27-,28?,32?/m0/s1. The predicted octanol–water partition coefficient (Wildman–Crippen LogP) is 4.61. The van der Waals surface area contributed by atoms with Gasteiger partial charge in [0.1, 0.15) is 11.6 Å². The molecule has 3 aliphatic heterocycles. The second-order valence-electron chi connectivity index (χ2n) is 11.8. The minimum Gasteiger partial charge on any atom is -0.359 e. The number of nitrogens with zero attached hydrogens (tertiary/aromatic N) is 1. The zero-order valence-corrected chi connectivity index (χ0v) is 23.6. The number of carbonyl (C=O) groups excluding carboxylic acids is 3.